The fourth-order valence-electron chi connectivity index (χ4n) is 2.15. The van der Waals surface area contributed by atoms with E-state index in [0.29, 0.717) is 16.9 Å². The molecule has 0 saturated carbocycles. The van der Waals surface area contributed by atoms with Crippen LogP contribution in [0.15, 0.2) is 0 Å². The van der Waals surface area contributed by atoms with Crippen LogP contribution in [0.2, 0.25) is 0 Å². The molecule has 108 valence electrons. The van der Waals surface area contributed by atoms with Crippen molar-refractivity contribution in [3.63, 3.8) is 0 Å². The molecule has 1 aliphatic rings. The van der Waals surface area contributed by atoms with E-state index in [2.05, 4.69) is 31.0 Å². The van der Waals surface area contributed by atoms with Gasteiger partial charge in [-0.3, -0.25) is 0 Å². The maximum Gasteiger partial charge on any atom is 0.151 e. The van der Waals surface area contributed by atoms with Crippen molar-refractivity contribution in [2.75, 3.05) is 38.2 Å². The second-order valence-corrected chi connectivity index (χ2v) is 8.83. The Morgan fingerprint density at radius 1 is 1.28 bits per heavy atom. The van der Waals surface area contributed by atoms with E-state index in [0.717, 1.165) is 32.5 Å². The summed E-state index contributed by atoms with van der Waals surface area (Å²) in [5.41, 5.74) is 0.373. The van der Waals surface area contributed by atoms with E-state index >= 15 is 0 Å². The minimum absolute atomic E-state index is 0.222. The smallest absolute Gasteiger partial charge is 0.151 e. The molecule has 5 heteroatoms. The Hall–Kier alpha value is -0.130. The number of rotatable bonds is 6. The summed E-state index contributed by atoms with van der Waals surface area (Å²) in [6.07, 6.45) is 1.95. The van der Waals surface area contributed by atoms with Crippen LogP contribution in [-0.4, -0.2) is 57.5 Å². The molecule has 0 radical (unpaired) electrons. The van der Waals surface area contributed by atoms with Gasteiger partial charge in [-0.2, -0.15) is 0 Å². The Bertz CT molecular complexity index is 346. The zero-order valence-electron chi connectivity index (χ0n) is 12.2. The molecular formula is C13H28N2O2S. The molecule has 0 aromatic carbocycles. The molecule has 1 saturated heterocycles. The summed E-state index contributed by atoms with van der Waals surface area (Å²) in [6.45, 7) is 9.60. The third kappa shape index (κ3) is 6.16. The van der Waals surface area contributed by atoms with E-state index in [1.807, 2.05) is 7.05 Å². The molecule has 1 atom stereocenters. The van der Waals surface area contributed by atoms with Crippen LogP contribution in [0.1, 0.15) is 33.6 Å². The minimum Gasteiger partial charge on any atom is -0.315 e. The van der Waals surface area contributed by atoms with Crippen LogP contribution in [0.5, 0.6) is 0 Å². The monoisotopic (exact) mass is 276 g/mol. The first-order chi connectivity index (χ1) is 8.20. The summed E-state index contributed by atoms with van der Waals surface area (Å²) in [7, 11) is -0.732. The Morgan fingerprint density at radius 2 is 1.94 bits per heavy atom. The van der Waals surface area contributed by atoms with Crippen LogP contribution in [0.25, 0.3) is 0 Å². The third-order valence-corrected chi connectivity index (χ3v) is 5.28. The van der Waals surface area contributed by atoms with Crippen LogP contribution in [0, 0.1) is 5.41 Å². The average molecular weight is 276 g/mol. The molecule has 0 amide bonds. The maximum absolute atomic E-state index is 11.4. The van der Waals surface area contributed by atoms with Crippen molar-refractivity contribution in [2.45, 2.75) is 39.7 Å². The van der Waals surface area contributed by atoms with Crippen LogP contribution < -0.4 is 5.32 Å². The van der Waals surface area contributed by atoms with E-state index in [-0.39, 0.29) is 6.04 Å². The Kier molecular flexibility index (Phi) is 5.62. The Morgan fingerprint density at radius 3 is 2.44 bits per heavy atom. The number of likely N-dealkylation sites (N-methyl/N-ethyl adjacent to an activating group) is 1. The predicted molar refractivity (Wildman–Crippen MR) is 76.6 cm³/mol. The lowest BCUT2D eigenvalue weighted by Gasteiger charge is -2.24. The van der Waals surface area contributed by atoms with Crippen LogP contribution in [-0.2, 0) is 9.84 Å². The van der Waals surface area contributed by atoms with Gasteiger partial charge in [0.15, 0.2) is 9.84 Å². The molecule has 0 spiro atoms. The van der Waals surface area contributed by atoms with Gasteiger partial charge in [-0.15, -0.1) is 0 Å². The highest BCUT2D eigenvalue weighted by Gasteiger charge is 2.30. The molecule has 1 aliphatic heterocycles. The molecule has 1 rings (SSSR count). The predicted octanol–water partition coefficient (Wildman–Crippen LogP) is 1.13. The number of sulfone groups is 1. The summed E-state index contributed by atoms with van der Waals surface area (Å²) in [5.74, 6) is 0.699. The van der Waals surface area contributed by atoms with Crippen molar-refractivity contribution >= 4 is 9.84 Å². The molecule has 0 aliphatic carbocycles. The average Bonchev–Trinajstić information content (AvgIpc) is 2.56. The first kappa shape index (κ1) is 15.9. The SMILES string of the molecule is CN(CCNCCC(C)(C)C)C1CCS(=O)(=O)C1. The van der Waals surface area contributed by atoms with Crippen LogP contribution in [0.4, 0.5) is 0 Å². The highest BCUT2D eigenvalue weighted by atomic mass is 32.2. The minimum atomic E-state index is -2.76. The summed E-state index contributed by atoms with van der Waals surface area (Å²) in [5, 5.41) is 3.43. The molecule has 18 heavy (non-hydrogen) atoms. The summed E-state index contributed by atoms with van der Waals surface area (Å²) in [4.78, 5) is 2.18. The molecule has 1 fully saturated rings. The Balaban J connectivity index is 2.13. The van der Waals surface area contributed by atoms with Crippen molar-refractivity contribution in [3.8, 4) is 0 Å². The lowest BCUT2D eigenvalue weighted by atomic mass is 9.92. The topological polar surface area (TPSA) is 49.4 Å². The van der Waals surface area contributed by atoms with E-state index < -0.39 is 9.84 Å². The molecule has 1 heterocycles. The van der Waals surface area contributed by atoms with Gasteiger partial charge in [0.05, 0.1) is 11.5 Å². The summed E-state index contributed by atoms with van der Waals surface area (Å²) >= 11 is 0. The van der Waals surface area contributed by atoms with Gasteiger partial charge in [0.25, 0.3) is 0 Å². The van der Waals surface area contributed by atoms with Gasteiger partial charge in [-0.25, -0.2) is 8.42 Å². The van der Waals surface area contributed by atoms with E-state index in [1.54, 1.807) is 0 Å². The first-order valence-corrected chi connectivity index (χ1v) is 8.63. The number of nitrogens with zero attached hydrogens (tertiary/aromatic N) is 1. The van der Waals surface area contributed by atoms with Gasteiger partial charge in [-0.05, 0) is 31.8 Å². The summed E-state index contributed by atoms with van der Waals surface area (Å²) in [6, 6.07) is 0.222. The van der Waals surface area contributed by atoms with Gasteiger partial charge >= 0.3 is 0 Å². The highest BCUT2D eigenvalue weighted by molar-refractivity contribution is 7.91. The maximum atomic E-state index is 11.4. The quantitative estimate of drug-likeness (QED) is 0.739. The molecule has 1 N–H and O–H groups in total. The number of hydrogen-bond acceptors (Lipinski definition) is 4. The second kappa shape index (κ2) is 6.35. The van der Waals surface area contributed by atoms with Crippen molar-refractivity contribution in [1.82, 2.24) is 10.2 Å². The largest absolute Gasteiger partial charge is 0.315 e. The molecule has 4 nitrogen and oxygen atoms in total. The second-order valence-electron chi connectivity index (χ2n) is 6.60. The van der Waals surface area contributed by atoms with Crippen molar-refractivity contribution in [3.05, 3.63) is 0 Å². The number of nitrogens with one attached hydrogen (secondary N) is 1. The lowest BCUT2D eigenvalue weighted by Crippen LogP contribution is -2.38. The zero-order valence-corrected chi connectivity index (χ0v) is 13.0. The molecule has 0 aromatic rings. The van der Waals surface area contributed by atoms with Gasteiger partial charge in [0.1, 0.15) is 0 Å². The van der Waals surface area contributed by atoms with Gasteiger partial charge in [-0.1, -0.05) is 20.8 Å². The molecule has 1 unspecified atom stereocenters. The summed E-state index contributed by atoms with van der Waals surface area (Å²) < 4.78 is 22.8. The van der Waals surface area contributed by atoms with Gasteiger partial charge in [0, 0.05) is 19.1 Å². The Labute approximate surface area is 112 Å². The molecule has 0 bridgehead atoms. The van der Waals surface area contributed by atoms with E-state index in [1.165, 1.54) is 0 Å². The fraction of sp³-hybridized carbons (Fsp3) is 1.00. The van der Waals surface area contributed by atoms with Gasteiger partial charge in [0.2, 0.25) is 0 Å². The normalized spacial score (nSPS) is 23.7. The van der Waals surface area contributed by atoms with Crippen LogP contribution >= 0.6 is 0 Å². The van der Waals surface area contributed by atoms with Crippen molar-refractivity contribution in [2.24, 2.45) is 5.41 Å². The van der Waals surface area contributed by atoms with Gasteiger partial charge < -0.3 is 10.2 Å². The van der Waals surface area contributed by atoms with E-state index in [4.69, 9.17) is 0 Å². The standard InChI is InChI=1S/C13H28N2O2S/c1-13(2,3)6-7-14-8-9-15(4)12-5-10-18(16,17)11-12/h12,14H,5-11H2,1-4H3. The zero-order chi connectivity index (χ0) is 13.8. The molecule has 0 aromatic heterocycles. The van der Waals surface area contributed by atoms with Crippen molar-refractivity contribution < 1.29 is 8.42 Å². The first-order valence-electron chi connectivity index (χ1n) is 6.81. The fourth-order valence-corrected chi connectivity index (χ4v) is 3.95. The highest BCUT2D eigenvalue weighted by Crippen LogP contribution is 2.17. The van der Waals surface area contributed by atoms with Crippen molar-refractivity contribution in [1.29, 1.82) is 0 Å². The lowest BCUT2D eigenvalue weighted by molar-refractivity contribution is 0.259. The van der Waals surface area contributed by atoms with Crippen LogP contribution in [0.3, 0.4) is 0 Å². The third-order valence-electron chi connectivity index (χ3n) is 3.52. The van der Waals surface area contributed by atoms with E-state index in [9.17, 15) is 8.42 Å². The molecular weight excluding hydrogens is 248 g/mol. The number of hydrogen-bond donors (Lipinski definition) is 1.